The molecule has 0 fully saturated rings. The van der Waals surface area contributed by atoms with Gasteiger partial charge >= 0.3 is 0 Å². The second kappa shape index (κ2) is 7.56. The lowest BCUT2D eigenvalue weighted by Crippen LogP contribution is -2.07. The molecule has 3 aromatic rings. The Bertz CT molecular complexity index is 960. The van der Waals surface area contributed by atoms with Crippen molar-refractivity contribution < 1.29 is 4.79 Å². The van der Waals surface area contributed by atoms with Gasteiger partial charge in [0.25, 0.3) is 0 Å². The number of aromatic amines is 1. The average molecular weight is 407 g/mol. The predicted octanol–water partition coefficient (Wildman–Crippen LogP) is 5.21. The number of anilines is 1. The molecule has 0 aliphatic heterocycles. The molecule has 7 heteroatoms. The first-order chi connectivity index (χ1) is 11.8. The van der Waals surface area contributed by atoms with Crippen LogP contribution in [0.25, 0.3) is 17.0 Å². The molecule has 1 aromatic heterocycles. The minimum Gasteiger partial charge on any atom is -0.361 e. The molecule has 3 nitrogen and oxygen atoms in total. The van der Waals surface area contributed by atoms with Crippen LogP contribution in [-0.2, 0) is 9.43 Å². The Morgan fingerprint density at radius 1 is 1.12 bits per heavy atom. The highest BCUT2D eigenvalue weighted by atomic mass is 35.5. The number of benzene rings is 2. The zero-order valence-corrected chi connectivity index (χ0v) is 17.5. The van der Waals surface area contributed by atoms with Crippen molar-refractivity contribution in [2.75, 3.05) is 5.32 Å². The Labute approximate surface area is 158 Å². The van der Waals surface area contributed by atoms with Gasteiger partial charge in [0.1, 0.15) is 0 Å². The third kappa shape index (κ3) is 4.69. The summed E-state index contributed by atoms with van der Waals surface area (Å²) in [6, 6.07) is 13.4. The molecular weight excluding hydrogens is 389 g/mol. The van der Waals surface area contributed by atoms with Gasteiger partial charge in [-0.15, -0.1) is 27.7 Å². The number of hydrogen-bond acceptors (Lipinski definition) is 1. The van der Waals surface area contributed by atoms with Gasteiger partial charge in [-0.3, -0.25) is 4.79 Å². The molecule has 0 aliphatic carbocycles. The number of carbonyl (C=O) groups is 1. The van der Waals surface area contributed by atoms with Crippen LogP contribution in [0.5, 0.6) is 0 Å². The molecule has 25 heavy (non-hydrogen) atoms. The van der Waals surface area contributed by atoms with E-state index in [9.17, 15) is 4.79 Å². The van der Waals surface area contributed by atoms with Crippen molar-refractivity contribution in [2.24, 2.45) is 0 Å². The van der Waals surface area contributed by atoms with Crippen molar-refractivity contribution >= 4 is 67.9 Å². The Hall–Kier alpha value is -1.23. The van der Waals surface area contributed by atoms with Gasteiger partial charge in [-0.2, -0.15) is 0 Å². The minimum atomic E-state index is -0.256. The van der Waals surface area contributed by atoms with Gasteiger partial charge in [-0.25, -0.2) is 0 Å². The van der Waals surface area contributed by atoms with E-state index in [2.05, 4.69) is 38.0 Å². The Morgan fingerprint density at radius 3 is 2.64 bits per heavy atom. The van der Waals surface area contributed by atoms with Crippen LogP contribution in [0.1, 0.15) is 11.1 Å². The standard InChI is InChI=1S/C18H18ClN2OP3/c19-15-9-11(1-4-14(15)18(23,24)25)2-6-17(22)21-13-3-5-16-12(10-13)7-8-20-16/h1-10,20H,23-25H2,(H,21,22)/b6-2+. The Balaban J connectivity index is 1.70. The van der Waals surface area contributed by atoms with Gasteiger partial charge in [0.2, 0.25) is 5.91 Å². The van der Waals surface area contributed by atoms with Crippen LogP contribution in [-0.4, -0.2) is 10.9 Å². The van der Waals surface area contributed by atoms with Crippen molar-refractivity contribution in [3.05, 3.63) is 70.9 Å². The van der Waals surface area contributed by atoms with Crippen LogP contribution in [0.2, 0.25) is 5.02 Å². The van der Waals surface area contributed by atoms with E-state index in [4.69, 9.17) is 11.6 Å². The number of aromatic nitrogens is 1. The first-order valence-electron chi connectivity index (χ1n) is 7.56. The van der Waals surface area contributed by atoms with Gasteiger partial charge in [0.05, 0.1) is 0 Å². The summed E-state index contributed by atoms with van der Waals surface area (Å²) in [5, 5.41) is 4.57. The molecular formula is C18H18ClN2OP3. The van der Waals surface area contributed by atoms with Gasteiger partial charge in [-0.1, -0.05) is 23.7 Å². The average Bonchev–Trinajstić information content (AvgIpc) is 2.99. The molecule has 2 N–H and O–H groups in total. The largest absolute Gasteiger partial charge is 0.361 e. The maximum Gasteiger partial charge on any atom is 0.248 e. The van der Waals surface area contributed by atoms with E-state index in [1.54, 1.807) is 6.08 Å². The Morgan fingerprint density at radius 2 is 1.92 bits per heavy atom. The maximum absolute atomic E-state index is 12.1. The highest BCUT2D eigenvalue weighted by Gasteiger charge is 2.17. The van der Waals surface area contributed by atoms with E-state index in [0.717, 1.165) is 27.7 Å². The zero-order chi connectivity index (χ0) is 18.0. The lowest BCUT2D eigenvalue weighted by Gasteiger charge is -2.20. The second-order valence-corrected chi connectivity index (χ2v) is 11.0. The summed E-state index contributed by atoms with van der Waals surface area (Å²) in [7, 11) is 8.13. The number of rotatable bonds is 4. The van der Waals surface area contributed by atoms with Crippen molar-refractivity contribution in [1.82, 2.24) is 4.98 Å². The first-order valence-corrected chi connectivity index (χ1v) is 9.67. The van der Waals surface area contributed by atoms with Crippen molar-refractivity contribution in [1.29, 1.82) is 0 Å². The molecule has 3 rings (SSSR count). The van der Waals surface area contributed by atoms with E-state index >= 15 is 0 Å². The molecule has 128 valence electrons. The lowest BCUT2D eigenvalue weighted by molar-refractivity contribution is -0.111. The van der Waals surface area contributed by atoms with E-state index in [1.807, 2.05) is 48.7 Å². The van der Waals surface area contributed by atoms with E-state index < -0.39 is 0 Å². The number of nitrogens with one attached hydrogen (secondary N) is 2. The summed E-state index contributed by atoms with van der Waals surface area (Å²) < 4.78 is -0.256. The van der Waals surface area contributed by atoms with Gasteiger partial charge < -0.3 is 10.3 Å². The Kier molecular flexibility index (Phi) is 5.62. The van der Waals surface area contributed by atoms with Crippen LogP contribution >= 0.6 is 39.3 Å². The summed E-state index contributed by atoms with van der Waals surface area (Å²) in [5.41, 5.74) is 3.65. The van der Waals surface area contributed by atoms with Gasteiger partial charge in [0, 0.05) is 38.5 Å². The predicted molar refractivity (Wildman–Crippen MR) is 118 cm³/mol. The molecule has 1 amide bonds. The second-order valence-electron chi connectivity index (χ2n) is 5.77. The minimum absolute atomic E-state index is 0.187. The van der Waals surface area contributed by atoms with Crippen LogP contribution < -0.4 is 5.32 Å². The molecule has 0 bridgehead atoms. The topological polar surface area (TPSA) is 44.9 Å². The fourth-order valence-corrected chi connectivity index (χ4v) is 3.86. The van der Waals surface area contributed by atoms with Crippen LogP contribution in [0.15, 0.2) is 54.7 Å². The van der Waals surface area contributed by atoms with Crippen molar-refractivity contribution in [3.8, 4) is 0 Å². The summed E-state index contributed by atoms with van der Waals surface area (Å²) in [4.78, 5) is 15.2. The number of H-pyrrole nitrogens is 1. The van der Waals surface area contributed by atoms with E-state index in [1.165, 1.54) is 6.08 Å². The quantitative estimate of drug-likeness (QED) is 0.453. The lowest BCUT2D eigenvalue weighted by atomic mass is 10.1. The van der Waals surface area contributed by atoms with Crippen molar-refractivity contribution in [3.63, 3.8) is 0 Å². The zero-order valence-electron chi connectivity index (χ0n) is 13.3. The molecule has 0 saturated carbocycles. The summed E-state index contributed by atoms with van der Waals surface area (Å²) in [6.07, 6.45) is 5.12. The normalized spacial score (nSPS) is 12.0. The SMILES string of the molecule is O=C(/C=C/c1ccc(C(P)(P)P)c(Cl)c1)Nc1ccc2[nH]ccc2c1. The van der Waals surface area contributed by atoms with Crippen molar-refractivity contribution in [2.45, 2.75) is 4.64 Å². The van der Waals surface area contributed by atoms with E-state index in [0.29, 0.717) is 5.02 Å². The summed E-state index contributed by atoms with van der Waals surface area (Å²) >= 11 is 6.33. The molecule has 3 atom stereocenters. The van der Waals surface area contributed by atoms with E-state index in [-0.39, 0.29) is 10.5 Å². The number of amides is 1. The van der Waals surface area contributed by atoms with Gasteiger partial charge in [-0.05, 0) is 47.5 Å². The summed E-state index contributed by atoms with van der Waals surface area (Å²) in [5.74, 6) is -0.187. The van der Waals surface area contributed by atoms with Gasteiger partial charge in [0.15, 0.2) is 0 Å². The molecule has 2 aromatic carbocycles. The van der Waals surface area contributed by atoms with Crippen LogP contribution in [0.3, 0.4) is 0 Å². The first kappa shape index (κ1) is 18.6. The maximum atomic E-state index is 12.1. The smallest absolute Gasteiger partial charge is 0.248 e. The van der Waals surface area contributed by atoms with Crippen LogP contribution in [0, 0.1) is 0 Å². The molecule has 3 unspecified atom stereocenters. The molecule has 1 heterocycles. The van der Waals surface area contributed by atoms with Crippen LogP contribution in [0.4, 0.5) is 5.69 Å². The highest BCUT2D eigenvalue weighted by molar-refractivity contribution is 7.56. The number of hydrogen-bond donors (Lipinski definition) is 2. The fraction of sp³-hybridized carbons (Fsp3) is 0.0556. The summed E-state index contributed by atoms with van der Waals surface area (Å²) in [6.45, 7) is 0. The highest BCUT2D eigenvalue weighted by Crippen LogP contribution is 2.47. The molecule has 0 aliphatic rings. The molecule has 0 saturated heterocycles. The monoisotopic (exact) mass is 406 g/mol. The third-order valence-electron chi connectivity index (χ3n) is 3.71. The molecule has 0 radical (unpaired) electrons. The number of carbonyl (C=O) groups excluding carboxylic acids is 1. The number of halogens is 1. The molecule has 0 spiro atoms. The number of fused-ring (bicyclic) bond motifs is 1. The fourth-order valence-electron chi connectivity index (χ4n) is 2.47. The third-order valence-corrected chi connectivity index (χ3v) is 4.95.